The molecule has 104 valence electrons. The minimum Gasteiger partial charge on any atom is -0.481 e. The molecule has 0 spiro atoms. The summed E-state index contributed by atoms with van der Waals surface area (Å²) >= 11 is 0. The summed E-state index contributed by atoms with van der Waals surface area (Å²) in [6, 6.07) is 8.93. The molecular weight excluding hydrogens is 256 g/mol. The fourth-order valence-electron chi connectivity index (χ4n) is 2.58. The lowest BCUT2D eigenvalue weighted by Gasteiger charge is -2.06. The van der Waals surface area contributed by atoms with E-state index in [1.165, 1.54) is 0 Å². The van der Waals surface area contributed by atoms with Gasteiger partial charge in [-0.3, -0.25) is 9.59 Å². The molecular formula is C15H16N2O3. The third-order valence-electron chi connectivity index (χ3n) is 3.93. The van der Waals surface area contributed by atoms with Crippen molar-refractivity contribution < 1.29 is 14.7 Å². The van der Waals surface area contributed by atoms with Gasteiger partial charge in [0.15, 0.2) is 0 Å². The molecule has 0 aromatic heterocycles. The van der Waals surface area contributed by atoms with Crippen LogP contribution in [0.2, 0.25) is 0 Å². The summed E-state index contributed by atoms with van der Waals surface area (Å²) in [5.74, 6) is -2.23. The van der Waals surface area contributed by atoms with Gasteiger partial charge in [-0.25, -0.2) is 0 Å². The molecule has 5 heteroatoms. The number of carbonyl (C=O) groups is 2. The van der Waals surface area contributed by atoms with Gasteiger partial charge in [-0.2, -0.15) is 5.26 Å². The van der Waals surface area contributed by atoms with Crippen LogP contribution < -0.4 is 5.32 Å². The van der Waals surface area contributed by atoms with E-state index >= 15 is 0 Å². The average Bonchev–Trinajstić information content (AvgIpc) is 3.00. The van der Waals surface area contributed by atoms with E-state index in [1.807, 2.05) is 6.07 Å². The highest BCUT2D eigenvalue weighted by Gasteiger charge is 2.65. The van der Waals surface area contributed by atoms with Gasteiger partial charge in [0.1, 0.15) is 0 Å². The van der Waals surface area contributed by atoms with E-state index in [1.54, 1.807) is 38.1 Å². The molecule has 0 radical (unpaired) electrons. The normalized spacial score (nSPS) is 22.6. The molecule has 1 amide bonds. The van der Waals surface area contributed by atoms with Crippen molar-refractivity contribution in [2.75, 3.05) is 0 Å². The Morgan fingerprint density at radius 1 is 1.30 bits per heavy atom. The van der Waals surface area contributed by atoms with Crippen LogP contribution in [0.25, 0.3) is 0 Å². The molecule has 20 heavy (non-hydrogen) atoms. The lowest BCUT2D eigenvalue weighted by atomic mass is 10.1. The fraction of sp³-hybridized carbons (Fsp3) is 0.400. The highest BCUT2D eigenvalue weighted by Crippen LogP contribution is 2.58. The number of carbonyl (C=O) groups excluding carboxylic acids is 1. The Kier molecular flexibility index (Phi) is 3.49. The number of nitrogens with zero attached hydrogens (tertiary/aromatic N) is 1. The first-order valence-corrected chi connectivity index (χ1v) is 6.37. The quantitative estimate of drug-likeness (QED) is 0.869. The van der Waals surface area contributed by atoms with Crippen molar-refractivity contribution in [1.82, 2.24) is 5.32 Å². The number of aliphatic carboxylic acids is 1. The van der Waals surface area contributed by atoms with E-state index in [2.05, 4.69) is 5.32 Å². The SMILES string of the molecule is CC1(C)[C@H](C(=O)O)[C@@H]1C(=O)NCc1ccc(C#N)cc1. The minimum absolute atomic E-state index is 0.230. The van der Waals surface area contributed by atoms with Gasteiger partial charge >= 0.3 is 5.97 Å². The molecule has 5 nitrogen and oxygen atoms in total. The van der Waals surface area contributed by atoms with Crippen molar-refractivity contribution >= 4 is 11.9 Å². The molecule has 2 rings (SSSR count). The molecule has 0 bridgehead atoms. The van der Waals surface area contributed by atoms with E-state index in [4.69, 9.17) is 10.4 Å². The molecule has 0 saturated heterocycles. The number of nitrogens with one attached hydrogen (secondary N) is 1. The molecule has 2 N–H and O–H groups in total. The molecule has 1 aliphatic rings. The van der Waals surface area contributed by atoms with E-state index in [0.717, 1.165) is 5.56 Å². The average molecular weight is 272 g/mol. The zero-order valence-electron chi connectivity index (χ0n) is 11.4. The monoisotopic (exact) mass is 272 g/mol. The van der Waals surface area contributed by atoms with Crippen molar-refractivity contribution in [3.8, 4) is 6.07 Å². The Labute approximate surface area is 117 Å². The molecule has 1 aromatic rings. The number of nitriles is 1. The van der Waals surface area contributed by atoms with Crippen LogP contribution >= 0.6 is 0 Å². The Bertz CT molecular complexity index is 584. The van der Waals surface area contributed by atoms with E-state index in [-0.39, 0.29) is 5.91 Å². The summed E-state index contributed by atoms with van der Waals surface area (Å²) in [5.41, 5.74) is 0.956. The van der Waals surface area contributed by atoms with Crippen LogP contribution in [0.15, 0.2) is 24.3 Å². The number of rotatable bonds is 4. The summed E-state index contributed by atoms with van der Waals surface area (Å²) in [4.78, 5) is 23.0. The third kappa shape index (κ3) is 2.50. The number of hydrogen-bond donors (Lipinski definition) is 2. The van der Waals surface area contributed by atoms with Crippen LogP contribution in [0.1, 0.15) is 25.0 Å². The number of benzene rings is 1. The van der Waals surface area contributed by atoms with Crippen molar-refractivity contribution in [1.29, 1.82) is 5.26 Å². The number of carboxylic acids is 1. The first-order chi connectivity index (χ1) is 9.37. The third-order valence-corrected chi connectivity index (χ3v) is 3.93. The van der Waals surface area contributed by atoms with Gasteiger partial charge < -0.3 is 10.4 Å². The van der Waals surface area contributed by atoms with Crippen LogP contribution in [0, 0.1) is 28.6 Å². The molecule has 0 aliphatic heterocycles. The van der Waals surface area contributed by atoms with E-state index in [0.29, 0.717) is 12.1 Å². The smallest absolute Gasteiger partial charge is 0.307 e. The molecule has 0 unspecified atom stereocenters. The van der Waals surface area contributed by atoms with Gasteiger partial charge in [-0.15, -0.1) is 0 Å². The summed E-state index contributed by atoms with van der Waals surface area (Å²) in [5, 5.41) is 20.5. The topological polar surface area (TPSA) is 90.2 Å². The van der Waals surface area contributed by atoms with Crippen molar-refractivity contribution in [2.24, 2.45) is 17.3 Å². The summed E-state index contributed by atoms with van der Waals surface area (Å²) in [6.45, 7) is 3.92. The Hall–Kier alpha value is -2.35. The zero-order valence-corrected chi connectivity index (χ0v) is 11.4. The maximum absolute atomic E-state index is 12.0. The van der Waals surface area contributed by atoms with Crippen molar-refractivity contribution in [3.63, 3.8) is 0 Å². The zero-order chi connectivity index (χ0) is 14.9. The Morgan fingerprint density at radius 3 is 2.35 bits per heavy atom. The van der Waals surface area contributed by atoms with Gasteiger partial charge in [-0.1, -0.05) is 26.0 Å². The maximum Gasteiger partial charge on any atom is 0.307 e. The summed E-state index contributed by atoms with van der Waals surface area (Å²) in [7, 11) is 0. The fourth-order valence-corrected chi connectivity index (χ4v) is 2.58. The summed E-state index contributed by atoms with van der Waals surface area (Å²) in [6.07, 6.45) is 0. The molecule has 1 saturated carbocycles. The molecule has 1 aromatic carbocycles. The highest BCUT2D eigenvalue weighted by molar-refractivity contribution is 5.91. The lowest BCUT2D eigenvalue weighted by Crippen LogP contribution is -2.26. The molecule has 2 atom stereocenters. The van der Waals surface area contributed by atoms with Crippen LogP contribution in [0.5, 0.6) is 0 Å². The van der Waals surface area contributed by atoms with Crippen LogP contribution in [-0.4, -0.2) is 17.0 Å². The molecule has 0 heterocycles. The second-order valence-electron chi connectivity index (χ2n) is 5.64. The van der Waals surface area contributed by atoms with Gasteiger partial charge in [0.25, 0.3) is 0 Å². The van der Waals surface area contributed by atoms with Gasteiger partial charge in [-0.05, 0) is 23.1 Å². The Morgan fingerprint density at radius 2 is 1.90 bits per heavy atom. The van der Waals surface area contributed by atoms with Crippen LogP contribution in [0.4, 0.5) is 0 Å². The largest absolute Gasteiger partial charge is 0.481 e. The number of amides is 1. The lowest BCUT2D eigenvalue weighted by molar-refractivity contribution is -0.140. The number of carboxylic acid groups (broad SMARTS) is 1. The standard InChI is InChI=1S/C15H16N2O3/c1-15(2)11(12(15)14(19)20)13(18)17-8-10-5-3-9(7-16)4-6-10/h3-6,11-12H,8H2,1-2H3,(H,17,18)(H,19,20)/t11-,12+/m1/s1. The van der Waals surface area contributed by atoms with Gasteiger partial charge in [0, 0.05) is 6.54 Å². The maximum atomic E-state index is 12.0. The Balaban J connectivity index is 1.93. The predicted octanol–water partition coefficient (Wildman–Crippen LogP) is 1.53. The van der Waals surface area contributed by atoms with Crippen molar-refractivity contribution in [2.45, 2.75) is 20.4 Å². The molecule has 1 aliphatic carbocycles. The first kappa shape index (κ1) is 14.1. The van der Waals surface area contributed by atoms with E-state index in [9.17, 15) is 9.59 Å². The highest BCUT2D eigenvalue weighted by atomic mass is 16.4. The summed E-state index contributed by atoms with van der Waals surface area (Å²) < 4.78 is 0. The van der Waals surface area contributed by atoms with Gasteiger partial charge in [0.2, 0.25) is 5.91 Å². The van der Waals surface area contributed by atoms with Crippen LogP contribution in [-0.2, 0) is 16.1 Å². The van der Waals surface area contributed by atoms with E-state index < -0.39 is 23.2 Å². The van der Waals surface area contributed by atoms with Crippen LogP contribution in [0.3, 0.4) is 0 Å². The second-order valence-corrected chi connectivity index (χ2v) is 5.64. The minimum atomic E-state index is -0.923. The second kappa shape index (κ2) is 4.97. The van der Waals surface area contributed by atoms with Gasteiger partial charge in [0.05, 0.1) is 23.5 Å². The van der Waals surface area contributed by atoms with Crippen molar-refractivity contribution in [3.05, 3.63) is 35.4 Å². The first-order valence-electron chi connectivity index (χ1n) is 6.37. The molecule has 1 fully saturated rings. The number of hydrogen-bond acceptors (Lipinski definition) is 3. The predicted molar refractivity (Wildman–Crippen MR) is 71.4 cm³/mol.